The molecule has 0 bridgehead atoms. The summed E-state index contributed by atoms with van der Waals surface area (Å²) in [6, 6.07) is 2.51. The van der Waals surface area contributed by atoms with Crippen molar-refractivity contribution in [1.29, 1.82) is 0 Å². The molecule has 1 aromatic heterocycles. The van der Waals surface area contributed by atoms with Crippen LogP contribution in [0.3, 0.4) is 0 Å². The van der Waals surface area contributed by atoms with E-state index in [2.05, 4.69) is 5.32 Å². The first-order valence-electron chi connectivity index (χ1n) is 5.36. The van der Waals surface area contributed by atoms with Gasteiger partial charge in [0.15, 0.2) is 0 Å². The minimum Gasteiger partial charge on any atom is -0.375 e. The molecule has 4 heteroatoms. The molecule has 0 radical (unpaired) electrons. The Labute approximate surface area is 94.1 Å². The van der Waals surface area contributed by atoms with E-state index in [0.717, 1.165) is 12.2 Å². The highest BCUT2D eigenvalue weighted by Gasteiger charge is 2.30. The molecule has 0 aromatic carbocycles. The van der Waals surface area contributed by atoms with Crippen molar-refractivity contribution in [3.05, 3.63) is 16.8 Å². The maximum atomic E-state index is 11.8. The zero-order valence-corrected chi connectivity index (χ0v) is 9.72. The van der Waals surface area contributed by atoms with Gasteiger partial charge >= 0.3 is 0 Å². The minimum absolute atomic E-state index is 0.214. The first-order chi connectivity index (χ1) is 7.31. The van der Waals surface area contributed by atoms with Crippen LogP contribution in [0.2, 0.25) is 0 Å². The van der Waals surface area contributed by atoms with Gasteiger partial charge < -0.3 is 10.2 Å². The number of carbonyl (C=O) groups is 1. The van der Waals surface area contributed by atoms with Gasteiger partial charge in [-0.1, -0.05) is 0 Å². The second-order valence-corrected chi connectivity index (χ2v) is 4.56. The fourth-order valence-corrected chi connectivity index (χ4v) is 2.28. The van der Waals surface area contributed by atoms with Crippen molar-refractivity contribution < 1.29 is 4.79 Å². The Balaban J connectivity index is 1.80. The summed E-state index contributed by atoms with van der Waals surface area (Å²) >= 11 is 1.64. The summed E-state index contributed by atoms with van der Waals surface area (Å²) in [5, 5.41) is 7.16. The average molecular weight is 224 g/mol. The number of nitrogens with one attached hydrogen (secondary N) is 1. The number of nitrogens with zero attached hydrogens (tertiary/aromatic N) is 1. The summed E-state index contributed by atoms with van der Waals surface area (Å²) in [6.45, 7) is 3.29. The van der Waals surface area contributed by atoms with Gasteiger partial charge in [-0.3, -0.25) is 4.79 Å². The van der Waals surface area contributed by atoms with E-state index in [0.29, 0.717) is 12.6 Å². The summed E-state index contributed by atoms with van der Waals surface area (Å²) in [4.78, 5) is 13.8. The monoisotopic (exact) mass is 224 g/mol. The number of hydrogen-bond donors (Lipinski definition) is 1. The summed E-state index contributed by atoms with van der Waals surface area (Å²) in [5.74, 6) is 0.214. The van der Waals surface area contributed by atoms with Crippen LogP contribution in [0.1, 0.15) is 19.8 Å². The van der Waals surface area contributed by atoms with Crippen molar-refractivity contribution in [2.24, 2.45) is 0 Å². The zero-order valence-electron chi connectivity index (χ0n) is 8.90. The molecule has 1 heterocycles. The van der Waals surface area contributed by atoms with E-state index in [1.807, 2.05) is 28.7 Å². The van der Waals surface area contributed by atoms with Gasteiger partial charge in [0.1, 0.15) is 0 Å². The molecular formula is C11H16N2OS. The highest BCUT2D eigenvalue weighted by molar-refractivity contribution is 7.08. The summed E-state index contributed by atoms with van der Waals surface area (Å²) in [5.41, 5.74) is 1.04. The second-order valence-electron chi connectivity index (χ2n) is 3.78. The number of rotatable bonds is 5. The lowest BCUT2D eigenvalue weighted by molar-refractivity contribution is -0.129. The van der Waals surface area contributed by atoms with Crippen LogP contribution in [0.25, 0.3) is 0 Å². The maximum absolute atomic E-state index is 11.8. The van der Waals surface area contributed by atoms with Gasteiger partial charge in [0.25, 0.3) is 0 Å². The topological polar surface area (TPSA) is 32.3 Å². The molecule has 82 valence electrons. The molecule has 1 aliphatic carbocycles. The number of carbonyl (C=O) groups excluding carboxylic acids is 1. The van der Waals surface area contributed by atoms with Gasteiger partial charge in [-0.25, -0.2) is 0 Å². The highest BCUT2D eigenvalue weighted by Crippen LogP contribution is 2.26. The van der Waals surface area contributed by atoms with Gasteiger partial charge in [-0.2, -0.15) is 11.3 Å². The molecule has 0 atom stereocenters. The van der Waals surface area contributed by atoms with Crippen LogP contribution >= 0.6 is 11.3 Å². The largest absolute Gasteiger partial charge is 0.375 e. The summed E-state index contributed by atoms with van der Waals surface area (Å²) < 4.78 is 0. The Bertz CT molecular complexity index is 319. The molecule has 1 amide bonds. The first-order valence-corrected chi connectivity index (χ1v) is 6.31. The third kappa shape index (κ3) is 2.72. The van der Waals surface area contributed by atoms with E-state index in [9.17, 15) is 4.79 Å². The Morgan fingerprint density at radius 3 is 3.00 bits per heavy atom. The molecule has 0 unspecified atom stereocenters. The van der Waals surface area contributed by atoms with Crippen molar-refractivity contribution in [1.82, 2.24) is 4.90 Å². The summed E-state index contributed by atoms with van der Waals surface area (Å²) in [6.07, 6.45) is 2.36. The molecule has 1 saturated carbocycles. The molecule has 1 aliphatic rings. The van der Waals surface area contributed by atoms with Crippen LogP contribution in [-0.4, -0.2) is 29.9 Å². The van der Waals surface area contributed by atoms with Crippen LogP contribution < -0.4 is 5.32 Å². The molecule has 1 N–H and O–H groups in total. The lowest BCUT2D eigenvalue weighted by Gasteiger charge is -2.20. The fraction of sp³-hybridized carbons (Fsp3) is 0.545. The number of likely N-dealkylation sites (N-methyl/N-ethyl adjacent to an activating group) is 1. The number of thiophene rings is 1. The van der Waals surface area contributed by atoms with Crippen molar-refractivity contribution in [3.63, 3.8) is 0 Å². The van der Waals surface area contributed by atoms with Crippen LogP contribution in [0, 0.1) is 0 Å². The molecule has 15 heavy (non-hydrogen) atoms. The van der Waals surface area contributed by atoms with Gasteiger partial charge in [-0.15, -0.1) is 0 Å². The fourth-order valence-electron chi connectivity index (χ4n) is 1.67. The molecule has 2 rings (SSSR count). The lowest BCUT2D eigenvalue weighted by Crippen LogP contribution is -2.37. The average Bonchev–Trinajstić information content (AvgIpc) is 2.93. The SMILES string of the molecule is CCN(C(=O)CNc1ccsc1)C1CC1. The van der Waals surface area contributed by atoms with Gasteiger partial charge in [-0.05, 0) is 31.2 Å². The summed E-state index contributed by atoms with van der Waals surface area (Å²) in [7, 11) is 0. The molecular weight excluding hydrogens is 208 g/mol. The first kappa shape index (κ1) is 10.5. The Morgan fingerprint density at radius 1 is 1.67 bits per heavy atom. The van der Waals surface area contributed by atoms with Crippen LogP contribution in [0.15, 0.2) is 16.8 Å². The predicted octanol–water partition coefficient (Wildman–Crippen LogP) is 2.17. The second kappa shape index (κ2) is 4.66. The Hall–Kier alpha value is -1.03. The smallest absolute Gasteiger partial charge is 0.242 e. The van der Waals surface area contributed by atoms with Crippen molar-refractivity contribution in [2.75, 3.05) is 18.4 Å². The number of anilines is 1. The molecule has 1 aromatic rings. The maximum Gasteiger partial charge on any atom is 0.242 e. The number of amides is 1. The van der Waals surface area contributed by atoms with E-state index in [4.69, 9.17) is 0 Å². The van der Waals surface area contributed by atoms with E-state index in [1.165, 1.54) is 12.8 Å². The van der Waals surface area contributed by atoms with Crippen LogP contribution in [-0.2, 0) is 4.79 Å². The van der Waals surface area contributed by atoms with Crippen LogP contribution in [0.4, 0.5) is 5.69 Å². The van der Waals surface area contributed by atoms with E-state index in [1.54, 1.807) is 11.3 Å². The predicted molar refractivity (Wildman–Crippen MR) is 63.2 cm³/mol. The normalized spacial score (nSPS) is 15.0. The van der Waals surface area contributed by atoms with Gasteiger partial charge in [0, 0.05) is 23.7 Å². The third-order valence-electron chi connectivity index (χ3n) is 2.61. The molecule has 3 nitrogen and oxygen atoms in total. The Morgan fingerprint density at radius 2 is 2.47 bits per heavy atom. The lowest BCUT2D eigenvalue weighted by atomic mass is 10.4. The van der Waals surface area contributed by atoms with Crippen molar-refractivity contribution in [3.8, 4) is 0 Å². The molecule has 0 saturated heterocycles. The van der Waals surface area contributed by atoms with Crippen molar-refractivity contribution >= 4 is 22.9 Å². The molecule has 0 spiro atoms. The third-order valence-corrected chi connectivity index (χ3v) is 3.30. The van der Waals surface area contributed by atoms with E-state index in [-0.39, 0.29) is 5.91 Å². The quantitative estimate of drug-likeness (QED) is 0.831. The number of hydrogen-bond acceptors (Lipinski definition) is 3. The van der Waals surface area contributed by atoms with E-state index >= 15 is 0 Å². The zero-order chi connectivity index (χ0) is 10.7. The van der Waals surface area contributed by atoms with E-state index < -0.39 is 0 Å². The molecule has 1 fully saturated rings. The van der Waals surface area contributed by atoms with Crippen LogP contribution in [0.5, 0.6) is 0 Å². The van der Waals surface area contributed by atoms with Crippen molar-refractivity contribution in [2.45, 2.75) is 25.8 Å². The van der Waals surface area contributed by atoms with Gasteiger partial charge in [0.05, 0.1) is 6.54 Å². The minimum atomic E-state index is 0.214. The Kier molecular flexibility index (Phi) is 3.26. The van der Waals surface area contributed by atoms with Gasteiger partial charge in [0.2, 0.25) is 5.91 Å². The highest BCUT2D eigenvalue weighted by atomic mass is 32.1. The molecule has 0 aliphatic heterocycles. The standard InChI is InChI=1S/C11H16N2OS/c1-2-13(10-3-4-10)11(14)7-12-9-5-6-15-8-9/h5-6,8,10,12H,2-4,7H2,1H3.